The van der Waals surface area contributed by atoms with Crippen LogP contribution < -0.4 is 14.2 Å². The molecule has 0 saturated carbocycles. The molecule has 1 aromatic rings. The highest BCUT2D eigenvalue weighted by atomic mass is 32.2. The number of methoxy groups -OCH3 is 1. The van der Waals surface area contributed by atoms with E-state index in [4.69, 9.17) is 9.47 Å². The van der Waals surface area contributed by atoms with Gasteiger partial charge in [0.05, 0.1) is 19.8 Å². The highest BCUT2D eigenvalue weighted by Gasteiger charge is 2.32. The summed E-state index contributed by atoms with van der Waals surface area (Å²) in [6.45, 7) is 6.52. The molecular formula is C14H21NO3S. The van der Waals surface area contributed by atoms with Crippen molar-refractivity contribution in [2.24, 2.45) is 0 Å². The highest BCUT2D eigenvalue weighted by Crippen LogP contribution is 2.35. The van der Waals surface area contributed by atoms with Gasteiger partial charge in [-0.3, -0.25) is 0 Å². The Balaban J connectivity index is 2.21. The molecule has 0 aliphatic carbocycles. The molecule has 1 aromatic carbocycles. The van der Waals surface area contributed by atoms with Gasteiger partial charge in [0.1, 0.15) is 16.2 Å². The summed E-state index contributed by atoms with van der Waals surface area (Å²) in [5.74, 6) is 1.63. The summed E-state index contributed by atoms with van der Waals surface area (Å²) in [6, 6.07) is 5.77. The van der Waals surface area contributed by atoms with E-state index in [1.165, 1.54) is 0 Å². The van der Waals surface area contributed by atoms with Crippen molar-refractivity contribution in [1.82, 2.24) is 4.72 Å². The van der Waals surface area contributed by atoms with Gasteiger partial charge in [0.2, 0.25) is 0 Å². The standard InChI is InChI=1S/C14H21NO3S/c1-14(2,3)19(16)15-12-7-8-18-13-6-5-10(17-4)9-11(12)13/h5-6,9,12,15H,7-8H2,1-4H3/t12-,19?/m0/s1. The van der Waals surface area contributed by atoms with E-state index in [0.717, 1.165) is 23.5 Å². The molecule has 0 fully saturated rings. The average Bonchev–Trinajstić information content (AvgIpc) is 2.37. The molecule has 0 saturated heterocycles. The molecule has 1 heterocycles. The zero-order chi connectivity index (χ0) is 14.0. The molecule has 0 bridgehead atoms. The third-order valence-corrected chi connectivity index (χ3v) is 4.67. The summed E-state index contributed by atoms with van der Waals surface area (Å²) >= 11 is -1.10. The van der Waals surface area contributed by atoms with Crippen LogP contribution >= 0.6 is 0 Å². The summed E-state index contributed by atoms with van der Waals surface area (Å²) in [5, 5.41) is 0. The lowest BCUT2D eigenvalue weighted by Gasteiger charge is -2.31. The molecule has 1 aliphatic rings. The maximum Gasteiger partial charge on any atom is 0.136 e. The van der Waals surface area contributed by atoms with Gasteiger partial charge in [0, 0.05) is 23.3 Å². The van der Waals surface area contributed by atoms with Gasteiger partial charge in [-0.1, -0.05) is 0 Å². The van der Waals surface area contributed by atoms with E-state index < -0.39 is 11.4 Å². The van der Waals surface area contributed by atoms with Crippen LogP contribution in [0.2, 0.25) is 0 Å². The second kappa shape index (κ2) is 5.61. The van der Waals surface area contributed by atoms with Crippen LogP contribution in [0.3, 0.4) is 0 Å². The first kappa shape index (κ1) is 14.5. The Morgan fingerprint density at radius 3 is 2.79 bits per heavy atom. The summed E-state index contributed by atoms with van der Waals surface area (Å²) in [4.78, 5) is 0. The molecule has 5 heteroatoms. The molecule has 0 radical (unpaired) electrons. The topological polar surface area (TPSA) is 53.5 Å². The van der Waals surface area contributed by atoms with E-state index in [9.17, 15) is 4.55 Å². The van der Waals surface area contributed by atoms with E-state index in [2.05, 4.69) is 4.72 Å². The predicted octanol–water partition coefficient (Wildman–Crippen LogP) is 2.57. The first-order valence-corrected chi connectivity index (χ1v) is 7.55. The van der Waals surface area contributed by atoms with Crippen molar-refractivity contribution >= 4 is 11.4 Å². The third kappa shape index (κ3) is 3.35. The first-order chi connectivity index (χ1) is 8.91. The van der Waals surface area contributed by atoms with Crippen molar-refractivity contribution in [1.29, 1.82) is 0 Å². The SMILES string of the molecule is COc1ccc2c(c1)[C@@H](N[S+]([O-])C(C)(C)C)CCO2. The average molecular weight is 283 g/mol. The van der Waals surface area contributed by atoms with Crippen molar-refractivity contribution in [3.8, 4) is 11.5 Å². The molecule has 4 nitrogen and oxygen atoms in total. The zero-order valence-electron chi connectivity index (χ0n) is 11.9. The van der Waals surface area contributed by atoms with Gasteiger partial charge in [-0.2, -0.15) is 0 Å². The van der Waals surface area contributed by atoms with E-state index in [0.29, 0.717) is 6.61 Å². The Morgan fingerprint density at radius 2 is 2.16 bits per heavy atom. The number of hydrogen-bond donors (Lipinski definition) is 1. The minimum Gasteiger partial charge on any atom is -0.598 e. The molecule has 0 amide bonds. The number of hydrogen-bond acceptors (Lipinski definition) is 4. The third-order valence-electron chi connectivity index (χ3n) is 3.06. The van der Waals surface area contributed by atoms with Gasteiger partial charge in [0.25, 0.3) is 0 Å². The normalized spacial score (nSPS) is 20.4. The Hall–Kier alpha value is -0.910. The molecular weight excluding hydrogens is 262 g/mol. The van der Waals surface area contributed by atoms with E-state index in [-0.39, 0.29) is 10.8 Å². The van der Waals surface area contributed by atoms with Crippen LogP contribution in [-0.4, -0.2) is 23.0 Å². The maximum absolute atomic E-state index is 12.2. The van der Waals surface area contributed by atoms with Crippen molar-refractivity contribution in [3.63, 3.8) is 0 Å². The van der Waals surface area contributed by atoms with Crippen molar-refractivity contribution in [2.45, 2.75) is 38.0 Å². The Morgan fingerprint density at radius 1 is 1.42 bits per heavy atom. The van der Waals surface area contributed by atoms with E-state index in [1.807, 2.05) is 39.0 Å². The van der Waals surface area contributed by atoms with Crippen LogP contribution in [0, 0.1) is 0 Å². The summed E-state index contributed by atoms with van der Waals surface area (Å²) in [6.07, 6.45) is 0.808. The minimum atomic E-state index is -1.10. The van der Waals surface area contributed by atoms with Gasteiger partial charge in [-0.25, -0.2) is 0 Å². The predicted molar refractivity (Wildman–Crippen MR) is 76.9 cm³/mol. The number of ether oxygens (including phenoxy) is 2. The van der Waals surface area contributed by atoms with Crippen LogP contribution in [-0.2, 0) is 11.4 Å². The fourth-order valence-electron chi connectivity index (χ4n) is 1.93. The first-order valence-electron chi connectivity index (χ1n) is 6.40. The van der Waals surface area contributed by atoms with Crippen molar-refractivity contribution < 1.29 is 14.0 Å². The lowest BCUT2D eigenvalue weighted by atomic mass is 10.0. The van der Waals surface area contributed by atoms with Crippen LogP contribution in [0.15, 0.2) is 18.2 Å². The minimum absolute atomic E-state index is 0.0407. The molecule has 2 rings (SSSR count). The molecule has 19 heavy (non-hydrogen) atoms. The second-order valence-corrected chi connectivity index (χ2v) is 7.59. The Bertz CT molecular complexity index is 445. The quantitative estimate of drug-likeness (QED) is 0.866. The fraction of sp³-hybridized carbons (Fsp3) is 0.571. The Kier molecular flexibility index (Phi) is 4.28. The molecule has 1 aliphatic heterocycles. The fourth-order valence-corrected chi connectivity index (χ4v) is 2.78. The second-order valence-electron chi connectivity index (χ2n) is 5.59. The van der Waals surface area contributed by atoms with Crippen molar-refractivity contribution in [3.05, 3.63) is 23.8 Å². The molecule has 106 valence electrons. The number of benzene rings is 1. The number of rotatable bonds is 3. The van der Waals surface area contributed by atoms with Crippen LogP contribution in [0.1, 0.15) is 38.8 Å². The maximum atomic E-state index is 12.2. The van der Waals surface area contributed by atoms with Crippen LogP contribution in [0.25, 0.3) is 0 Å². The summed E-state index contributed by atoms with van der Waals surface area (Å²) in [7, 11) is 1.64. The van der Waals surface area contributed by atoms with Crippen LogP contribution in [0.5, 0.6) is 11.5 Å². The summed E-state index contributed by atoms with van der Waals surface area (Å²) < 4.78 is 26.0. The number of fused-ring (bicyclic) bond motifs is 1. The molecule has 0 aromatic heterocycles. The lowest BCUT2D eigenvalue weighted by Crippen LogP contribution is -2.42. The number of nitrogens with one attached hydrogen (secondary N) is 1. The highest BCUT2D eigenvalue weighted by molar-refractivity contribution is 7.90. The molecule has 1 N–H and O–H groups in total. The molecule has 1 unspecified atom stereocenters. The van der Waals surface area contributed by atoms with Gasteiger partial charge in [0.15, 0.2) is 0 Å². The lowest BCUT2D eigenvalue weighted by molar-refractivity contribution is 0.261. The Labute approximate surface area is 117 Å². The van der Waals surface area contributed by atoms with Gasteiger partial charge in [-0.15, -0.1) is 4.72 Å². The van der Waals surface area contributed by atoms with E-state index in [1.54, 1.807) is 7.11 Å². The smallest absolute Gasteiger partial charge is 0.136 e. The van der Waals surface area contributed by atoms with Gasteiger partial charge >= 0.3 is 0 Å². The van der Waals surface area contributed by atoms with Gasteiger partial charge in [-0.05, 0) is 39.0 Å². The van der Waals surface area contributed by atoms with Crippen LogP contribution in [0.4, 0.5) is 0 Å². The van der Waals surface area contributed by atoms with Crippen molar-refractivity contribution in [2.75, 3.05) is 13.7 Å². The zero-order valence-corrected chi connectivity index (χ0v) is 12.7. The largest absolute Gasteiger partial charge is 0.598 e. The molecule has 0 spiro atoms. The monoisotopic (exact) mass is 283 g/mol. The van der Waals surface area contributed by atoms with Gasteiger partial charge < -0.3 is 14.0 Å². The molecule has 2 atom stereocenters. The van der Waals surface area contributed by atoms with E-state index >= 15 is 0 Å². The summed E-state index contributed by atoms with van der Waals surface area (Å²) in [5.41, 5.74) is 1.02.